The van der Waals surface area contributed by atoms with Crippen molar-refractivity contribution in [1.29, 1.82) is 0 Å². The van der Waals surface area contributed by atoms with Crippen molar-refractivity contribution < 1.29 is 9.84 Å². The smallest absolute Gasteiger partial charge is 0.128 e. The standard InChI is InChI=1S/C26H29Cl2N3O.CH4O/c1-18-14-22-25(29-18)8-4-9-26(22)32-13-5-12-30-16-21-7-3-2-6-20(30)17-31(21)19-10-11-23(27)24(28)15-19;1-2/h2-4,8-11,14-15,20-21,29H,5-7,12-13,16-17H2,1H3;2H,1H3/b3-2-;/t20?,21-;/m0./s1. The van der Waals surface area contributed by atoms with E-state index in [0.717, 1.165) is 75.0 Å². The summed E-state index contributed by atoms with van der Waals surface area (Å²) in [4.78, 5) is 8.54. The summed E-state index contributed by atoms with van der Waals surface area (Å²) in [7, 11) is 1.00. The van der Waals surface area contributed by atoms with Crippen molar-refractivity contribution in [3.05, 3.63) is 70.4 Å². The van der Waals surface area contributed by atoms with Gasteiger partial charge in [-0.3, -0.25) is 4.90 Å². The lowest BCUT2D eigenvalue weighted by atomic mass is 9.96. The number of fused-ring (bicyclic) bond motifs is 5. The molecule has 4 heterocycles. The molecule has 182 valence electrons. The van der Waals surface area contributed by atoms with E-state index < -0.39 is 0 Å². The fraction of sp³-hybridized carbons (Fsp3) is 0.407. The second-order valence-electron chi connectivity index (χ2n) is 8.87. The van der Waals surface area contributed by atoms with Gasteiger partial charge in [-0.1, -0.05) is 41.4 Å². The van der Waals surface area contributed by atoms with E-state index in [0.29, 0.717) is 22.1 Å². The van der Waals surface area contributed by atoms with E-state index in [1.807, 2.05) is 12.1 Å². The van der Waals surface area contributed by atoms with Gasteiger partial charge in [0.25, 0.3) is 0 Å². The molecule has 3 aliphatic rings. The van der Waals surface area contributed by atoms with Crippen LogP contribution in [0.1, 0.15) is 25.0 Å². The Kier molecular flexibility index (Phi) is 8.43. The molecule has 0 aliphatic carbocycles. The monoisotopic (exact) mass is 501 g/mol. The van der Waals surface area contributed by atoms with Crippen LogP contribution in [0.25, 0.3) is 10.9 Å². The van der Waals surface area contributed by atoms with Crippen LogP contribution in [0, 0.1) is 6.92 Å². The number of aliphatic hydroxyl groups excluding tert-OH is 1. The molecule has 2 atom stereocenters. The average molecular weight is 502 g/mol. The van der Waals surface area contributed by atoms with Gasteiger partial charge in [0.1, 0.15) is 5.75 Å². The number of aliphatic hydroxyl groups is 1. The minimum absolute atomic E-state index is 0.442. The van der Waals surface area contributed by atoms with Gasteiger partial charge in [0, 0.05) is 61.1 Å². The first kappa shape index (κ1) is 24.9. The Morgan fingerprint density at radius 3 is 2.59 bits per heavy atom. The fourth-order valence-corrected chi connectivity index (χ4v) is 5.33. The number of rotatable bonds is 6. The molecule has 1 saturated heterocycles. The predicted molar refractivity (Wildman–Crippen MR) is 143 cm³/mol. The van der Waals surface area contributed by atoms with Gasteiger partial charge >= 0.3 is 0 Å². The van der Waals surface area contributed by atoms with Crippen LogP contribution in [-0.4, -0.2) is 60.4 Å². The molecular weight excluding hydrogens is 469 g/mol. The van der Waals surface area contributed by atoms with Gasteiger partial charge in [0.15, 0.2) is 0 Å². The summed E-state index contributed by atoms with van der Waals surface area (Å²) in [5.74, 6) is 0.967. The summed E-state index contributed by atoms with van der Waals surface area (Å²) in [5.41, 5.74) is 3.46. The van der Waals surface area contributed by atoms with Crippen LogP contribution in [0.2, 0.25) is 10.0 Å². The van der Waals surface area contributed by atoms with Gasteiger partial charge < -0.3 is 19.7 Å². The van der Waals surface area contributed by atoms with E-state index in [2.05, 4.69) is 64.2 Å². The minimum atomic E-state index is 0.442. The molecular formula is C27H33Cl2N3O2. The molecule has 2 aromatic carbocycles. The number of anilines is 1. The zero-order chi connectivity index (χ0) is 24.1. The SMILES string of the molecule is CO.Cc1cc2c(OCCCN3C[C@@H]4C/C=C\CC3CN4c3ccc(Cl)c(Cl)c3)cccc2[nH]1. The number of aromatic nitrogens is 1. The summed E-state index contributed by atoms with van der Waals surface area (Å²) in [6.45, 7) is 5.92. The van der Waals surface area contributed by atoms with Crippen LogP contribution in [0.3, 0.4) is 0 Å². The molecule has 3 aliphatic heterocycles. The third-order valence-electron chi connectivity index (χ3n) is 6.63. The van der Waals surface area contributed by atoms with Crippen molar-refractivity contribution in [3.63, 3.8) is 0 Å². The number of nitrogens with one attached hydrogen (secondary N) is 1. The molecule has 6 rings (SSSR count). The Morgan fingerprint density at radius 1 is 1.00 bits per heavy atom. The average Bonchev–Trinajstić information content (AvgIpc) is 3.21. The van der Waals surface area contributed by atoms with Crippen LogP contribution >= 0.6 is 23.2 Å². The van der Waals surface area contributed by atoms with E-state index in [4.69, 9.17) is 33.0 Å². The van der Waals surface area contributed by atoms with Crippen molar-refractivity contribution in [1.82, 2.24) is 9.88 Å². The highest BCUT2D eigenvalue weighted by Gasteiger charge is 2.34. The Balaban J connectivity index is 0.00000133. The molecule has 34 heavy (non-hydrogen) atoms. The van der Waals surface area contributed by atoms with Crippen LogP contribution in [0.15, 0.2) is 54.6 Å². The number of piperazine rings is 1. The van der Waals surface area contributed by atoms with Gasteiger partial charge in [-0.05, 0) is 62.6 Å². The lowest BCUT2D eigenvalue weighted by Gasteiger charge is -2.48. The maximum absolute atomic E-state index is 7.00. The number of halogens is 2. The maximum Gasteiger partial charge on any atom is 0.128 e. The highest BCUT2D eigenvalue weighted by atomic mass is 35.5. The van der Waals surface area contributed by atoms with E-state index in [9.17, 15) is 0 Å². The van der Waals surface area contributed by atoms with Gasteiger partial charge in [-0.2, -0.15) is 0 Å². The van der Waals surface area contributed by atoms with Crippen molar-refractivity contribution in [3.8, 4) is 5.75 Å². The largest absolute Gasteiger partial charge is 0.493 e. The number of nitrogens with zero attached hydrogens (tertiary/aromatic N) is 2. The second kappa shape index (κ2) is 11.5. The molecule has 2 N–H and O–H groups in total. The lowest BCUT2D eigenvalue weighted by Crippen LogP contribution is -2.59. The topological polar surface area (TPSA) is 51.7 Å². The van der Waals surface area contributed by atoms with Crippen molar-refractivity contribution >= 4 is 39.8 Å². The lowest BCUT2D eigenvalue weighted by molar-refractivity contribution is 0.137. The minimum Gasteiger partial charge on any atom is -0.493 e. The molecule has 1 unspecified atom stereocenters. The Hall–Kier alpha value is -2.18. The molecule has 1 aromatic heterocycles. The molecule has 5 nitrogen and oxygen atoms in total. The van der Waals surface area contributed by atoms with Crippen LogP contribution < -0.4 is 9.64 Å². The van der Waals surface area contributed by atoms with Crippen LogP contribution in [0.4, 0.5) is 5.69 Å². The third-order valence-corrected chi connectivity index (χ3v) is 7.37. The fourth-order valence-electron chi connectivity index (χ4n) is 5.04. The third kappa shape index (κ3) is 5.55. The number of H-pyrrole nitrogens is 1. The Labute approximate surface area is 211 Å². The van der Waals surface area contributed by atoms with Gasteiger partial charge in [0.2, 0.25) is 0 Å². The zero-order valence-corrected chi connectivity index (χ0v) is 21.3. The first-order valence-electron chi connectivity index (χ1n) is 11.8. The number of aryl methyl sites for hydroxylation is 1. The van der Waals surface area contributed by atoms with Gasteiger partial charge in [0.05, 0.1) is 16.7 Å². The molecule has 0 radical (unpaired) electrons. The summed E-state index contributed by atoms with van der Waals surface area (Å²) < 4.78 is 6.18. The molecule has 1 fully saturated rings. The highest BCUT2D eigenvalue weighted by molar-refractivity contribution is 6.42. The second-order valence-corrected chi connectivity index (χ2v) is 9.68. The molecule has 3 aromatic rings. The summed E-state index contributed by atoms with van der Waals surface area (Å²) in [6.07, 6.45) is 7.82. The van der Waals surface area contributed by atoms with Crippen LogP contribution in [0.5, 0.6) is 5.75 Å². The van der Waals surface area contributed by atoms with Crippen LogP contribution in [-0.2, 0) is 0 Å². The molecule has 2 bridgehead atoms. The van der Waals surface area contributed by atoms with E-state index in [1.165, 1.54) is 5.69 Å². The maximum atomic E-state index is 7.00. The quantitative estimate of drug-likeness (QED) is 0.317. The Bertz CT molecular complexity index is 1130. The Morgan fingerprint density at radius 2 is 1.79 bits per heavy atom. The summed E-state index contributed by atoms with van der Waals surface area (Å²) >= 11 is 12.5. The number of hydrogen-bond acceptors (Lipinski definition) is 4. The highest BCUT2D eigenvalue weighted by Crippen LogP contribution is 2.33. The van der Waals surface area contributed by atoms with Gasteiger partial charge in [-0.15, -0.1) is 0 Å². The predicted octanol–water partition coefficient (Wildman–Crippen LogP) is 6.07. The van der Waals surface area contributed by atoms with E-state index in [-0.39, 0.29) is 0 Å². The number of aromatic amines is 1. The number of hydrogen-bond donors (Lipinski definition) is 2. The van der Waals surface area contributed by atoms with E-state index >= 15 is 0 Å². The van der Waals surface area contributed by atoms with Gasteiger partial charge in [-0.25, -0.2) is 0 Å². The van der Waals surface area contributed by atoms with Crippen molar-refractivity contribution in [2.24, 2.45) is 0 Å². The first-order valence-corrected chi connectivity index (χ1v) is 12.6. The summed E-state index contributed by atoms with van der Waals surface area (Å²) in [5, 5.41) is 9.40. The van der Waals surface area contributed by atoms with Crippen molar-refractivity contribution in [2.75, 3.05) is 38.3 Å². The molecule has 0 amide bonds. The van der Waals surface area contributed by atoms with E-state index in [1.54, 1.807) is 0 Å². The molecule has 0 spiro atoms. The van der Waals surface area contributed by atoms with Crippen molar-refractivity contribution in [2.45, 2.75) is 38.3 Å². The first-order chi connectivity index (χ1) is 16.6. The number of ether oxygens (including phenoxy) is 1. The molecule has 0 saturated carbocycles. The zero-order valence-electron chi connectivity index (χ0n) is 19.8. The molecule has 7 heteroatoms. The summed E-state index contributed by atoms with van der Waals surface area (Å²) in [6, 6.07) is 15.3. The number of benzene rings is 2. The normalized spacial score (nSPS) is 21.0.